The van der Waals surface area contributed by atoms with Crippen LogP contribution in [-0.4, -0.2) is 51.2 Å². The van der Waals surface area contributed by atoms with E-state index < -0.39 is 11.4 Å². The third-order valence-corrected chi connectivity index (χ3v) is 5.06. The molecule has 0 saturated carbocycles. The molecule has 2 aromatic heterocycles. The van der Waals surface area contributed by atoms with E-state index in [4.69, 9.17) is 16.3 Å². The first-order chi connectivity index (χ1) is 13.9. The summed E-state index contributed by atoms with van der Waals surface area (Å²) in [5.74, 6) is -0.788. The zero-order chi connectivity index (χ0) is 20.5. The van der Waals surface area contributed by atoms with Crippen molar-refractivity contribution in [2.75, 3.05) is 31.2 Å². The largest absolute Gasteiger partial charge is 0.506 e. The van der Waals surface area contributed by atoms with E-state index in [1.54, 1.807) is 11.0 Å². The monoisotopic (exact) mass is 481 g/mol. The van der Waals surface area contributed by atoms with Crippen LogP contribution in [-0.2, 0) is 4.74 Å². The molecule has 1 saturated heterocycles. The molecule has 11 heteroatoms. The summed E-state index contributed by atoms with van der Waals surface area (Å²) in [7, 11) is 0. The summed E-state index contributed by atoms with van der Waals surface area (Å²) in [5.41, 5.74) is 0.0775. The molecule has 1 fully saturated rings. The maximum absolute atomic E-state index is 14.3. The molecule has 29 heavy (non-hydrogen) atoms. The van der Waals surface area contributed by atoms with E-state index in [0.717, 1.165) is 10.9 Å². The summed E-state index contributed by atoms with van der Waals surface area (Å²) < 4.78 is 21.1. The van der Waals surface area contributed by atoms with E-state index in [1.807, 2.05) is 0 Å². The van der Waals surface area contributed by atoms with Gasteiger partial charge in [0.25, 0.3) is 11.5 Å². The van der Waals surface area contributed by atoms with Crippen LogP contribution in [0.15, 0.2) is 39.7 Å². The molecule has 0 aliphatic carbocycles. The van der Waals surface area contributed by atoms with Gasteiger partial charge in [-0.15, -0.1) is 0 Å². The lowest BCUT2D eigenvalue weighted by Gasteiger charge is -2.28. The minimum atomic E-state index is -0.601. The first kappa shape index (κ1) is 19.7. The molecule has 8 nitrogen and oxygen atoms in total. The first-order valence-electron chi connectivity index (χ1n) is 8.58. The summed E-state index contributed by atoms with van der Waals surface area (Å²) in [6, 6.07) is 5.86. The Bertz CT molecular complexity index is 1140. The SMILES string of the molecule is O=c1ccc(-c2cc(Br)cc(Cl)c2O)nn1-c1ncc(F)c(N2CCOCC2)n1. The van der Waals surface area contributed by atoms with Crippen molar-refractivity contribution in [3.05, 3.63) is 56.1 Å². The predicted octanol–water partition coefficient (Wildman–Crippen LogP) is 2.79. The average molecular weight is 483 g/mol. The lowest BCUT2D eigenvalue weighted by molar-refractivity contribution is 0.122. The highest BCUT2D eigenvalue weighted by atomic mass is 79.9. The molecule has 0 radical (unpaired) electrons. The Balaban J connectivity index is 1.80. The number of hydrogen-bond donors (Lipinski definition) is 1. The van der Waals surface area contributed by atoms with Crippen molar-refractivity contribution in [3.8, 4) is 23.0 Å². The van der Waals surface area contributed by atoms with Crippen molar-refractivity contribution in [3.63, 3.8) is 0 Å². The number of phenolic OH excluding ortho intramolecular Hbond substituents is 1. The van der Waals surface area contributed by atoms with Gasteiger partial charge in [0, 0.05) is 29.2 Å². The Labute approximate surface area is 177 Å². The lowest BCUT2D eigenvalue weighted by atomic mass is 10.1. The van der Waals surface area contributed by atoms with Gasteiger partial charge in [0.05, 0.1) is 30.1 Å². The van der Waals surface area contributed by atoms with Gasteiger partial charge in [-0.2, -0.15) is 14.8 Å². The summed E-state index contributed by atoms with van der Waals surface area (Å²) in [6.07, 6.45) is 1.00. The average Bonchev–Trinajstić information content (AvgIpc) is 2.72. The number of benzene rings is 1. The second-order valence-electron chi connectivity index (χ2n) is 6.19. The fourth-order valence-electron chi connectivity index (χ4n) is 2.91. The van der Waals surface area contributed by atoms with Crippen molar-refractivity contribution in [2.45, 2.75) is 0 Å². The number of morpholine rings is 1. The van der Waals surface area contributed by atoms with Crippen molar-refractivity contribution in [1.29, 1.82) is 0 Å². The smallest absolute Gasteiger partial charge is 0.274 e. The first-order valence-corrected chi connectivity index (χ1v) is 9.75. The van der Waals surface area contributed by atoms with Crippen LogP contribution < -0.4 is 10.5 Å². The molecule has 3 heterocycles. The fraction of sp³-hybridized carbons (Fsp3) is 0.222. The number of halogens is 3. The molecule has 0 atom stereocenters. The summed E-state index contributed by atoms with van der Waals surface area (Å²) in [4.78, 5) is 22.2. The third kappa shape index (κ3) is 3.96. The van der Waals surface area contributed by atoms with Crippen LogP contribution in [0.2, 0.25) is 5.02 Å². The van der Waals surface area contributed by atoms with Crippen LogP contribution in [0.1, 0.15) is 0 Å². The summed E-state index contributed by atoms with van der Waals surface area (Å²) in [5, 5.41) is 14.6. The number of rotatable bonds is 3. The summed E-state index contributed by atoms with van der Waals surface area (Å²) >= 11 is 9.33. The highest BCUT2D eigenvalue weighted by Crippen LogP contribution is 2.37. The number of anilines is 1. The Hall–Kier alpha value is -2.56. The zero-order valence-electron chi connectivity index (χ0n) is 14.8. The molecule has 3 aromatic rings. The van der Waals surface area contributed by atoms with E-state index in [-0.39, 0.29) is 28.2 Å². The topological polar surface area (TPSA) is 93.4 Å². The molecule has 0 spiro atoms. The maximum Gasteiger partial charge on any atom is 0.274 e. The fourth-order valence-corrected chi connectivity index (χ4v) is 3.72. The Morgan fingerprint density at radius 2 is 2.00 bits per heavy atom. The van der Waals surface area contributed by atoms with E-state index in [0.29, 0.717) is 36.3 Å². The van der Waals surface area contributed by atoms with Crippen molar-refractivity contribution in [1.82, 2.24) is 19.7 Å². The number of nitrogens with zero attached hydrogens (tertiary/aromatic N) is 5. The summed E-state index contributed by atoms with van der Waals surface area (Å²) in [6.45, 7) is 1.85. The van der Waals surface area contributed by atoms with Crippen LogP contribution in [0.5, 0.6) is 5.75 Å². The van der Waals surface area contributed by atoms with Crippen LogP contribution in [0.4, 0.5) is 10.2 Å². The van der Waals surface area contributed by atoms with Crippen LogP contribution in [0.25, 0.3) is 17.2 Å². The Morgan fingerprint density at radius 1 is 1.24 bits per heavy atom. The van der Waals surface area contributed by atoms with Gasteiger partial charge < -0.3 is 14.7 Å². The number of ether oxygens (including phenoxy) is 1. The molecule has 1 N–H and O–H groups in total. The second-order valence-corrected chi connectivity index (χ2v) is 7.52. The number of hydrogen-bond acceptors (Lipinski definition) is 7. The molecule has 0 amide bonds. The number of aromatic nitrogens is 4. The zero-order valence-corrected chi connectivity index (χ0v) is 17.2. The van der Waals surface area contributed by atoms with E-state index in [9.17, 15) is 14.3 Å². The van der Waals surface area contributed by atoms with Gasteiger partial charge in [-0.1, -0.05) is 27.5 Å². The molecule has 4 rings (SSSR count). The minimum Gasteiger partial charge on any atom is -0.506 e. The van der Waals surface area contributed by atoms with Crippen LogP contribution >= 0.6 is 27.5 Å². The molecule has 1 aromatic carbocycles. The van der Waals surface area contributed by atoms with Crippen molar-refractivity contribution >= 4 is 33.3 Å². The number of phenols is 1. The third-order valence-electron chi connectivity index (χ3n) is 4.32. The van der Waals surface area contributed by atoms with Gasteiger partial charge in [-0.25, -0.2) is 9.37 Å². The quantitative estimate of drug-likeness (QED) is 0.613. The molecular weight excluding hydrogens is 469 g/mol. The van der Waals surface area contributed by atoms with Gasteiger partial charge in [0.1, 0.15) is 5.75 Å². The molecule has 150 valence electrons. The highest BCUT2D eigenvalue weighted by molar-refractivity contribution is 9.10. The minimum absolute atomic E-state index is 0.0748. The maximum atomic E-state index is 14.3. The molecule has 1 aliphatic heterocycles. The highest BCUT2D eigenvalue weighted by Gasteiger charge is 2.20. The Kier molecular flexibility index (Phi) is 5.48. The van der Waals surface area contributed by atoms with E-state index in [1.165, 1.54) is 18.2 Å². The van der Waals surface area contributed by atoms with Crippen molar-refractivity contribution in [2.24, 2.45) is 0 Å². The number of aromatic hydroxyl groups is 1. The van der Waals surface area contributed by atoms with E-state index in [2.05, 4.69) is 31.0 Å². The van der Waals surface area contributed by atoms with Gasteiger partial charge in [0.2, 0.25) is 0 Å². The van der Waals surface area contributed by atoms with Gasteiger partial charge in [-0.3, -0.25) is 4.79 Å². The van der Waals surface area contributed by atoms with Crippen molar-refractivity contribution < 1.29 is 14.2 Å². The van der Waals surface area contributed by atoms with Gasteiger partial charge in [0.15, 0.2) is 11.6 Å². The van der Waals surface area contributed by atoms with Gasteiger partial charge in [-0.05, 0) is 18.2 Å². The normalized spacial score (nSPS) is 14.2. The molecule has 1 aliphatic rings. The lowest BCUT2D eigenvalue weighted by Crippen LogP contribution is -2.37. The molecule has 0 unspecified atom stereocenters. The molecular formula is C18H14BrClFN5O3. The second kappa shape index (κ2) is 8.05. The molecule has 0 bridgehead atoms. The Morgan fingerprint density at radius 3 is 2.76 bits per heavy atom. The van der Waals surface area contributed by atoms with Crippen LogP contribution in [0, 0.1) is 5.82 Å². The van der Waals surface area contributed by atoms with Gasteiger partial charge >= 0.3 is 0 Å². The van der Waals surface area contributed by atoms with E-state index >= 15 is 0 Å². The predicted molar refractivity (Wildman–Crippen MR) is 108 cm³/mol. The van der Waals surface area contributed by atoms with Crippen LogP contribution in [0.3, 0.4) is 0 Å². The standard InChI is InChI=1S/C18H14BrClFN5O3/c19-10-7-11(16(28)12(20)8-10)14-1-2-15(27)26(24-14)18-22-9-13(21)17(23-18)25-3-5-29-6-4-25/h1-2,7-9,28H,3-6H2.